The van der Waals surface area contributed by atoms with Crippen molar-refractivity contribution in [2.24, 2.45) is 5.73 Å². The number of methoxy groups -OCH3 is 1. The highest BCUT2D eigenvalue weighted by Gasteiger charge is 2.09. The molecule has 0 atom stereocenters. The van der Waals surface area contributed by atoms with Crippen molar-refractivity contribution in [1.82, 2.24) is 0 Å². The smallest absolute Gasteiger partial charge is 0.142 e. The summed E-state index contributed by atoms with van der Waals surface area (Å²) >= 11 is 12.0. The molecular weight excluding hydrogens is 289 g/mol. The van der Waals surface area contributed by atoms with E-state index in [9.17, 15) is 0 Å². The molecule has 0 heterocycles. The summed E-state index contributed by atoms with van der Waals surface area (Å²) in [5.41, 5.74) is 6.44. The molecule has 0 aromatic heterocycles. The molecule has 0 aliphatic carbocycles. The topological polar surface area (TPSA) is 53.7 Å². The highest BCUT2D eigenvalue weighted by atomic mass is 35.5. The van der Waals surface area contributed by atoms with Crippen LogP contribution in [0.1, 0.15) is 12.0 Å². The first-order valence-electron chi connectivity index (χ1n) is 6.06. The van der Waals surface area contributed by atoms with Crippen LogP contribution in [-0.4, -0.2) is 33.5 Å². The number of hydrogen-bond acceptors (Lipinski definition) is 4. The molecule has 0 fully saturated rings. The van der Waals surface area contributed by atoms with Crippen LogP contribution in [0.25, 0.3) is 0 Å². The molecular formula is C13H19Cl2NO3. The van der Waals surface area contributed by atoms with E-state index in [2.05, 4.69) is 0 Å². The second-order valence-corrected chi connectivity index (χ2v) is 4.73. The van der Waals surface area contributed by atoms with Crippen molar-refractivity contribution in [3.63, 3.8) is 0 Å². The van der Waals surface area contributed by atoms with Crippen LogP contribution in [-0.2, 0) is 16.0 Å². The number of halogens is 2. The molecule has 108 valence electrons. The predicted molar refractivity (Wildman–Crippen MR) is 77.2 cm³/mol. The van der Waals surface area contributed by atoms with Gasteiger partial charge in [-0.25, -0.2) is 0 Å². The number of rotatable bonds is 9. The van der Waals surface area contributed by atoms with E-state index in [1.54, 1.807) is 19.2 Å². The Labute approximate surface area is 123 Å². The highest BCUT2D eigenvalue weighted by Crippen LogP contribution is 2.32. The SMILES string of the molecule is COCCOCCCOc1c(Cl)cc(Cl)cc1CN. The second-order valence-electron chi connectivity index (χ2n) is 3.89. The van der Waals surface area contributed by atoms with E-state index in [0.29, 0.717) is 48.8 Å². The van der Waals surface area contributed by atoms with Crippen molar-refractivity contribution in [2.45, 2.75) is 13.0 Å². The summed E-state index contributed by atoms with van der Waals surface area (Å²) in [6.07, 6.45) is 0.771. The Balaban J connectivity index is 2.36. The monoisotopic (exact) mass is 307 g/mol. The Kier molecular flexibility index (Phi) is 8.18. The van der Waals surface area contributed by atoms with Crippen molar-refractivity contribution >= 4 is 23.2 Å². The molecule has 0 unspecified atom stereocenters. The van der Waals surface area contributed by atoms with Crippen LogP contribution < -0.4 is 10.5 Å². The van der Waals surface area contributed by atoms with E-state index in [1.807, 2.05) is 0 Å². The van der Waals surface area contributed by atoms with Crippen LogP contribution in [0.4, 0.5) is 0 Å². The summed E-state index contributed by atoms with van der Waals surface area (Å²) < 4.78 is 15.8. The third-order valence-corrected chi connectivity index (χ3v) is 2.92. The molecule has 0 saturated heterocycles. The van der Waals surface area contributed by atoms with Gasteiger partial charge in [0.05, 0.1) is 24.8 Å². The zero-order valence-corrected chi connectivity index (χ0v) is 12.5. The van der Waals surface area contributed by atoms with E-state index < -0.39 is 0 Å². The van der Waals surface area contributed by atoms with Crippen LogP contribution >= 0.6 is 23.2 Å². The maximum absolute atomic E-state index is 6.08. The van der Waals surface area contributed by atoms with Gasteiger partial charge in [-0.1, -0.05) is 23.2 Å². The molecule has 1 rings (SSSR count). The van der Waals surface area contributed by atoms with Crippen LogP contribution in [0.5, 0.6) is 5.75 Å². The maximum atomic E-state index is 6.08. The summed E-state index contributed by atoms with van der Waals surface area (Å²) in [4.78, 5) is 0. The molecule has 4 nitrogen and oxygen atoms in total. The molecule has 0 radical (unpaired) electrons. The van der Waals surface area contributed by atoms with Gasteiger partial charge in [0.25, 0.3) is 0 Å². The minimum Gasteiger partial charge on any atom is -0.492 e. The van der Waals surface area contributed by atoms with Crippen molar-refractivity contribution in [3.05, 3.63) is 27.7 Å². The lowest BCUT2D eigenvalue weighted by Gasteiger charge is -2.13. The van der Waals surface area contributed by atoms with Gasteiger partial charge in [-0.15, -0.1) is 0 Å². The molecule has 0 saturated carbocycles. The number of nitrogens with two attached hydrogens (primary N) is 1. The van der Waals surface area contributed by atoms with Gasteiger partial charge in [0.15, 0.2) is 0 Å². The Morgan fingerprint density at radius 3 is 2.58 bits per heavy atom. The van der Waals surface area contributed by atoms with Gasteiger partial charge >= 0.3 is 0 Å². The molecule has 0 amide bonds. The largest absolute Gasteiger partial charge is 0.492 e. The maximum Gasteiger partial charge on any atom is 0.142 e. The van der Waals surface area contributed by atoms with Crippen molar-refractivity contribution < 1.29 is 14.2 Å². The Morgan fingerprint density at radius 2 is 1.89 bits per heavy atom. The molecule has 2 N–H and O–H groups in total. The fraction of sp³-hybridized carbons (Fsp3) is 0.538. The van der Waals surface area contributed by atoms with Gasteiger partial charge in [0.2, 0.25) is 0 Å². The summed E-state index contributed by atoms with van der Waals surface area (Å²) in [6, 6.07) is 3.41. The summed E-state index contributed by atoms with van der Waals surface area (Å²) in [5, 5.41) is 1.04. The summed E-state index contributed by atoms with van der Waals surface area (Å²) in [6.45, 7) is 2.65. The lowest BCUT2D eigenvalue weighted by molar-refractivity contribution is 0.0644. The fourth-order valence-corrected chi connectivity index (χ4v) is 2.10. The Hall–Kier alpha value is -0.520. The van der Waals surface area contributed by atoms with E-state index in [1.165, 1.54) is 0 Å². The molecule has 0 aliphatic heterocycles. The van der Waals surface area contributed by atoms with Gasteiger partial charge in [-0.3, -0.25) is 0 Å². The zero-order chi connectivity index (χ0) is 14.1. The Bertz CT molecular complexity index is 388. The first kappa shape index (κ1) is 16.5. The number of hydrogen-bond donors (Lipinski definition) is 1. The fourth-order valence-electron chi connectivity index (χ4n) is 1.51. The average Bonchev–Trinajstić information content (AvgIpc) is 2.39. The summed E-state index contributed by atoms with van der Waals surface area (Å²) in [5.74, 6) is 0.602. The Morgan fingerprint density at radius 1 is 1.11 bits per heavy atom. The van der Waals surface area contributed by atoms with Gasteiger partial charge in [0.1, 0.15) is 5.75 Å². The van der Waals surface area contributed by atoms with E-state index in [4.69, 9.17) is 43.1 Å². The molecule has 19 heavy (non-hydrogen) atoms. The van der Waals surface area contributed by atoms with E-state index in [0.717, 1.165) is 12.0 Å². The van der Waals surface area contributed by atoms with Crippen molar-refractivity contribution in [1.29, 1.82) is 0 Å². The van der Waals surface area contributed by atoms with Crippen LogP contribution in [0, 0.1) is 0 Å². The molecule has 1 aromatic carbocycles. The normalized spacial score (nSPS) is 10.7. The summed E-state index contributed by atoms with van der Waals surface area (Å²) in [7, 11) is 1.64. The minimum atomic E-state index is 0.333. The zero-order valence-electron chi connectivity index (χ0n) is 11.0. The van der Waals surface area contributed by atoms with Crippen molar-refractivity contribution in [2.75, 3.05) is 33.5 Å². The molecule has 0 bridgehead atoms. The van der Waals surface area contributed by atoms with Crippen LogP contribution in [0.2, 0.25) is 10.0 Å². The quantitative estimate of drug-likeness (QED) is 0.713. The predicted octanol–water partition coefficient (Wildman–Crippen LogP) is 2.88. The third kappa shape index (κ3) is 5.97. The number of benzene rings is 1. The minimum absolute atomic E-state index is 0.333. The second kappa shape index (κ2) is 9.39. The van der Waals surface area contributed by atoms with Gasteiger partial charge in [0, 0.05) is 37.3 Å². The van der Waals surface area contributed by atoms with Gasteiger partial charge in [-0.2, -0.15) is 0 Å². The van der Waals surface area contributed by atoms with Crippen molar-refractivity contribution in [3.8, 4) is 5.75 Å². The third-order valence-electron chi connectivity index (χ3n) is 2.42. The van der Waals surface area contributed by atoms with E-state index in [-0.39, 0.29) is 0 Å². The standard InChI is InChI=1S/C13H19Cl2NO3/c1-17-5-6-18-3-2-4-19-13-10(9-16)7-11(14)8-12(13)15/h7-8H,2-6,9,16H2,1H3. The lowest BCUT2D eigenvalue weighted by Crippen LogP contribution is -2.08. The lowest BCUT2D eigenvalue weighted by atomic mass is 10.2. The molecule has 0 aliphatic rings. The molecule has 1 aromatic rings. The average molecular weight is 308 g/mol. The first-order valence-corrected chi connectivity index (χ1v) is 6.82. The first-order chi connectivity index (χ1) is 9.19. The molecule has 6 heteroatoms. The van der Waals surface area contributed by atoms with Crippen LogP contribution in [0.15, 0.2) is 12.1 Å². The highest BCUT2D eigenvalue weighted by molar-refractivity contribution is 6.35. The molecule has 0 spiro atoms. The van der Waals surface area contributed by atoms with Crippen LogP contribution in [0.3, 0.4) is 0 Å². The van der Waals surface area contributed by atoms with Gasteiger partial charge < -0.3 is 19.9 Å². The van der Waals surface area contributed by atoms with Gasteiger partial charge in [-0.05, 0) is 12.1 Å². The number of ether oxygens (including phenoxy) is 3. The van der Waals surface area contributed by atoms with E-state index >= 15 is 0 Å².